The van der Waals surface area contributed by atoms with Gasteiger partial charge in [-0.1, -0.05) is 0 Å². The van der Waals surface area contributed by atoms with Gasteiger partial charge in [0.25, 0.3) is 0 Å². The molecule has 13 heavy (non-hydrogen) atoms. The van der Waals surface area contributed by atoms with Gasteiger partial charge in [0.15, 0.2) is 6.29 Å². The molecule has 0 radical (unpaired) electrons. The van der Waals surface area contributed by atoms with E-state index in [-0.39, 0.29) is 11.7 Å². The Balaban J connectivity index is 2.53. The Morgan fingerprint density at radius 1 is 1.77 bits per heavy atom. The van der Waals surface area contributed by atoms with E-state index in [0.717, 1.165) is 10.5 Å². The van der Waals surface area contributed by atoms with Gasteiger partial charge in [0, 0.05) is 5.56 Å². The molecule has 70 valence electrons. The summed E-state index contributed by atoms with van der Waals surface area (Å²) in [5.41, 5.74) is 0.638. The van der Waals surface area contributed by atoms with Crippen molar-refractivity contribution >= 4 is 35.4 Å². The standard InChI is InChI=1S/C8H8O3S2/c1-11-7(10)5-13-8-6(4-9)2-3-12-8/h2-4H,5H2,1H3. The van der Waals surface area contributed by atoms with E-state index in [9.17, 15) is 9.59 Å². The van der Waals surface area contributed by atoms with E-state index in [1.807, 2.05) is 5.38 Å². The highest BCUT2D eigenvalue weighted by molar-refractivity contribution is 8.01. The summed E-state index contributed by atoms with van der Waals surface area (Å²) in [6.45, 7) is 0. The van der Waals surface area contributed by atoms with E-state index in [0.29, 0.717) is 5.56 Å². The molecule has 0 saturated heterocycles. The number of esters is 1. The average molecular weight is 216 g/mol. The van der Waals surface area contributed by atoms with Crippen LogP contribution in [0.25, 0.3) is 0 Å². The summed E-state index contributed by atoms with van der Waals surface area (Å²) in [6, 6.07) is 1.73. The third-order valence-electron chi connectivity index (χ3n) is 1.33. The molecule has 1 heterocycles. The van der Waals surface area contributed by atoms with Crippen molar-refractivity contribution in [3.05, 3.63) is 17.0 Å². The molecule has 0 aromatic carbocycles. The van der Waals surface area contributed by atoms with Crippen molar-refractivity contribution in [3.8, 4) is 0 Å². The maximum atomic E-state index is 10.8. The lowest BCUT2D eigenvalue weighted by atomic mass is 10.4. The molecule has 0 fully saturated rings. The Morgan fingerprint density at radius 2 is 2.54 bits per heavy atom. The van der Waals surface area contributed by atoms with Crippen molar-refractivity contribution in [1.82, 2.24) is 0 Å². The lowest BCUT2D eigenvalue weighted by Gasteiger charge is -1.97. The predicted molar refractivity (Wildman–Crippen MR) is 52.4 cm³/mol. The molecule has 0 aliphatic heterocycles. The number of ether oxygens (including phenoxy) is 1. The van der Waals surface area contributed by atoms with E-state index in [1.165, 1.54) is 30.2 Å². The van der Waals surface area contributed by atoms with E-state index in [1.54, 1.807) is 6.07 Å². The van der Waals surface area contributed by atoms with Crippen LogP contribution in [-0.2, 0) is 9.53 Å². The molecule has 0 unspecified atom stereocenters. The van der Waals surface area contributed by atoms with Crippen molar-refractivity contribution in [2.24, 2.45) is 0 Å². The van der Waals surface area contributed by atoms with Crippen LogP contribution in [0.3, 0.4) is 0 Å². The van der Waals surface area contributed by atoms with Gasteiger partial charge in [-0.05, 0) is 11.4 Å². The fraction of sp³-hybridized carbons (Fsp3) is 0.250. The van der Waals surface area contributed by atoms with Crippen molar-refractivity contribution in [3.63, 3.8) is 0 Å². The average Bonchev–Trinajstić information content (AvgIpc) is 2.61. The molecule has 0 saturated carbocycles. The summed E-state index contributed by atoms with van der Waals surface area (Å²) in [7, 11) is 1.35. The Kier molecular flexibility index (Phi) is 3.98. The number of carbonyl (C=O) groups excluding carboxylic acids is 2. The number of methoxy groups -OCH3 is 1. The van der Waals surface area contributed by atoms with Gasteiger partial charge in [0.2, 0.25) is 0 Å². The topological polar surface area (TPSA) is 43.4 Å². The van der Waals surface area contributed by atoms with Gasteiger partial charge in [0.1, 0.15) is 0 Å². The highest BCUT2D eigenvalue weighted by Gasteiger charge is 2.06. The maximum absolute atomic E-state index is 10.8. The van der Waals surface area contributed by atoms with Crippen LogP contribution in [0.5, 0.6) is 0 Å². The summed E-state index contributed by atoms with van der Waals surface area (Å²) in [6.07, 6.45) is 0.788. The smallest absolute Gasteiger partial charge is 0.316 e. The van der Waals surface area contributed by atoms with Crippen LogP contribution in [0.15, 0.2) is 15.7 Å². The number of thioether (sulfide) groups is 1. The highest BCUT2D eigenvalue weighted by atomic mass is 32.2. The molecular weight excluding hydrogens is 208 g/mol. The number of rotatable bonds is 4. The lowest BCUT2D eigenvalue weighted by Crippen LogP contribution is -2.02. The van der Waals surface area contributed by atoms with Crippen LogP contribution >= 0.6 is 23.1 Å². The Hall–Kier alpha value is -0.810. The minimum atomic E-state index is -0.282. The molecule has 0 bridgehead atoms. The van der Waals surface area contributed by atoms with Crippen LogP contribution in [0, 0.1) is 0 Å². The van der Waals surface area contributed by atoms with Crippen molar-refractivity contribution < 1.29 is 14.3 Å². The normalized spacial score (nSPS) is 9.62. The molecule has 0 spiro atoms. The molecule has 0 aliphatic carbocycles. The second-order valence-corrected chi connectivity index (χ2v) is 4.31. The zero-order valence-corrected chi connectivity index (χ0v) is 8.61. The molecule has 1 rings (SSSR count). The predicted octanol–water partition coefficient (Wildman–Crippen LogP) is 1.83. The van der Waals surface area contributed by atoms with Crippen molar-refractivity contribution in [1.29, 1.82) is 0 Å². The van der Waals surface area contributed by atoms with Crippen LogP contribution in [0.2, 0.25) is 0 Å². The summed E-state index contributed by atoms with van der Waals surface area (Å²) >= 11 is 2.77. The molecule has 1 aromatic heterocycles. The van der Waals surface area contributed by atoms with Crippen molar-refractivity contribution in [2.75, 3.05) is 12.9 Å². The van der Waals surface area contributed by atoms with Crippen LogP contribution in [-0.4, -0.2) is 25.1 Å². The second-order valence-electron chi connectivity index (χ2n) is 2.15. The van der Waals surface area contributed by atoms with Gasteiger partial charge in [-0.3, -0.25) is 9.59 Å². The summed E-state index contributed by atoms with van der Waals surface area (Å²) in [5, 5.41) is 1.82. The first-order chi connectivity index (χ1) is 6.27. The molecule has 3 nitrogen and oxygen atoms in total. The minimum Gasteiger partial charge on any atom is -0.468 e. The highest BCUT2D eigenvalue weighted by Crippen LogP contribution is 2.27. The molecule has 0 atom stereocenters. The summed E-state index contributed by atoms with van der Waals surface area (Å²) in [5.74, 6) is -0.0343. The third kappa shape index (κ3) is 2.86. The summed E-state index contributed by atoms with van der Waals surface area (Å²) < 4.78 is 5.34. The molecule has 0 N–H and O–H groups in total. The number of carbonyl (C=O) groups is 2. The zero-order chi connectivity index (χ0) is 9.68. The van der Waals surface area contributed by atoms with Gasteiger partial charge in [0.05, 0.1) is 17.1 Å². The first-order valence-corrected chi connectivity index (χ1v) is 5.36. The first kappa shape index (κ1) is 10.3. The molecule has 1 aromatic rings. The largest absolute Gasteiger partial charge is 0.468 e. The van der Waals surface area contributed by atoms with Crippen LogP contribution in [0.4, 0.5) is 0 Å². The maximum Gasteiger partial charge on any atom is 0.316 e. The lowest BCUT2D eigenvalue weighted by molar-refractivity contribution is -0.137. The number of aldehydes is 1. The van der Waals surface area contributed by atoms with Crippen LogP contribution in [0.1, 0.15) is 10.4 Å². The Bertz CT molecular complexity index is 306. The number of hydrogen-bond donors (Lipinski definition) is 0. The van der Waals surface area contributed by atoms with Gasteiger partial charge in [-0.2, -0.15) is 0 Å². The first-order valence-electron chi connectivity index (χ1n) is 3.50. The van der Waals surface area contributed by atoms with E-state index in [2.05, 4.69) is 4.74 Å². The monoisotopic (exact) mass is 216 g/mol. The fourth-order valence-electron chi connectivity index (χ4n) is 0.693. The molecule has 0 aliphatic rings. The van der Waals surface area contributed by atoms with Gasteiger partial charge in [-0.25, -0.2) is 0 Å². The van der Waals surface area contributed by atoms with Gasteiger partial charge >= 0.3 is 5.97 Å². The molecule has 0 amide bonds. The van der Waals surface area contributed by atoms with Gasteiger partial charge < -0.3 is 4.74 Å². The SMILES string of the molecule is COC(=O)CSc1sccc1C=O. The van der Waals surface area contributed by atoms with E-state index >= 15 is 0 Å². The van der Waals surface area contributed by atoms with Crippen molar-refractivity contribution in [2.45, 2.75) is 4.21 Å². The molecule has 5 heteroatoms. The number of hydrogen-bond acceptors (Lipinski definition) is 5. The zero-order valence-electron chi connectivity index (χ0n) is 6.98. The minimum absolute atomic E-state index is 0.248. The summed E-state index contributed by atoms with van der Waals surface area (Å²) in [4.78, 5) is 21.3. The molecular formula is C8H8O3S2. The fourth-order valence-corrected chi connectivity index (χ4v) is 2.55. The Labute approximate surface area is 84.1 Å². The van der Waals surface area contributed by atoms with Crippen LogP contribution < -0.4 is 0 Å². The third-order valence-corrected chi connectivity index (χ3v) is 3.58. The van der Waals surface area contributed by atoms with E-state index < -0.39 is 0 Å². The van der Waals surface area contributed by atoms with E-state index in [4.69, 9.17) is 0 Å². The second kappa shape index (κ2) is 5.04. The van der Waals surface area contributed by atoms with Gasteiger partial charge in [-0.15, -0.1) is 23.1 Å². The number of thiophene rings is 1. The Morgan fingerprint density at radius 3 is 3.15 bits per heavy atom. The quantitative estimate of drug-likeness (QED) is 0.437.